The molecule has 2 aromatic carbocycles. The number of halogens is 4. The Kier molecular flexibility index (Phi) is 4.53. The summed E-state index contributed by atoms with van der Waals surface area (Å²) in [5, 5.41) is 2.48. The molecule has 2 aromatic rings. The van der Waals surface area contributed by atoms with Gasteiger partial charge in [-0.1, -0.05) is 17.7 Å². The zero-order chi connectivity index (χ0) is 15.6. The van der Waals surface area contributed by atoms with Crippen LogP contribution < -0.4 is 5.32 Å². The Morgan fingerprint density at radius 3 is 2.33 bits per heavy atom. The summed E-state index contributed by atoms with van der Waals surface area (Å²) in [6.07, 6.45) is 0. The van der Waals surface area contributed by atoms with Crippen molar-refractivity contribution in [3.05, 3.63) is 70.0 Å². The van der Waals surface area contributed by atoms with Gasteiger partial charge in [0.1, 0.15) is 17.5 Å². The topological polar surface area (TPSA) is 29.1 Å². The second kappa shape index (κ2) is 6.18. The molecule has 1 N–H and O–H groups in total. The van der Waals surface area contributed by atoms with Gasteiger partial charge in [-0.3, -0.25) is 4.79 Å². The number of amides is 1. The Hall–Kier alpha value is -2.01. The number of rotatable bonds is 3. The highest BCUT2D eigenvalue weighted by molar-refractivity contribution is 6.33. The SMILES string of the molecule is CC(NC(=O)c1ccc(F)cc1Cl)c1ccc(F)cc1F. The lowest BCUT2D eigenvalue weighted by Crippen LogP contribution is -2.27. The van der Waals surface area contributed by atoms with Crippen LogP contribution in [0.5, 0.6) is 0 Å². The van der Waals surface area contributed by atoms with Crippen LogP contribution in [0.4, 0.5) is 13.2 Å². The first-order chi connectivity index (χ1) is 9.88. The van der Waals surface area contributed by atoms with Crippen molar-refractivity contribution in [2.45, 2.75) is 13.0 Å². The summed E-state index contributed by atoms with van der Waals surface area (Å²) in [5.41, 5.74) is 0.218. The van der Waals surface area contributed by atoms with E-state index in [1.54, 1.807) is 6.92 Å². The van der Waals surface area contributed by atoms with Crippen molar-refractivity contribution in [3.63, 3.8) is 0 Å². The molecule has 1 unspecified atom stereocenters. The van der Waals surface area contributed by atoms with Crippen molar-refractivity contribution in [1.82, 2.24) is 5.32 Å². The van der Waals surface area contributed by atoms with Crippen LogP contribution in [-0.2, 0) is 0 Å². The molecule has 2 rings (SSSR count). The van der Waals surface area contributed by atoms with Gasteiger partial charge in [-0.05, 0) is 31.2 Å². The molecule has 0 bridgehead atoms. The van der Waals surface area contributed by atoms with Crippen LogP contribution in [-0.4, -0.2) is 5.91 Å². The van der Waals surface area contributed by atoms with Crippen molar-refractivity contribution in [1.29, 1.82) is 0 Å². The Morgan fingerprint density at radius 2 is 1.71 bits per heavy atom. The molecule has 0 aromatic heterocycles. The second-order valence-electron chi connectivity index (χ2n) is 4.49. The summed E-state index contributed by atoms with van der Waals surface area (Å²) in [7, 11) is 0. The van der Waals surface area contributed by atoms with Gasteiger partial charge in [-0.25, -0.2) is 13.2 Å². The van der Waals surface area contributed by atoms with Crippen LogP contribution in [0.15, 0.2) is 36.4 Å². The van der Waals surface area contributed by atoms with E-state index >= 15 is 0 Å². The van der Waals surface area contributed by atoms with E-state index in [0.717, 1.165) is 24.3 Å². The second-order valence-corrected chi connectivity index (χ2v) is 4.89. The lowest BCUT2D eigenvalue weighted by molar-refractivity contribution is 0.0939. The van der Waals surface area contributed by atoms with E-state index in [9.17, 15) is 18.0 Å². The third kappa shape index (κ3) is 3.55. The molecule has 0 fully saturated rings. The van der Waals surface area contributed by atoms with Crippen LogP contribution in [0.25, 0.3) is 0 Å². The van der Waals surface area contributed by atoms with Crippen LogP contribution >= 0.6 is 11.6 Å². The molecule has 0 radical (unpaired) electrons. The maximum atomic E-state index is 13.6. The molecule has 1 amide bonds. The third-order valence-corrected chi connectivity index (χ3v) is 3.27. The Morgan fingerprint density at radius 1 is 1.10 bits per heavy atom. The highest BCUT2D eigenvalue weighted by Crippen LogP contribution is 2.21. The fraction of sp³-hybridized carbons (Fsp3) is 0.133. The lowest BCUT2D eigenvalue weighted by Gasteiger charge is -2.15. The number of hydrogen-bond donors (Lipinski definition) is 1. The number of hydrogen-bond acceptors (Lipinski definition) is 1. The number of benzene rings is 2. The van der Waals surface area contributed by atoms with Crippen molar-refractivity contribution in [2.24, 2.45) is 0 Å². The highest BCUT2D eigenvalue weighted by atomic mass is 35.5. The van der Waals surface area contributed by atoms with Crippen LogP contribution in [0.1, 0.15) is 28.9 Å². The maximum Gasteiger partial charge on any atom is 0.253 e. The zero-order valence-electron chi connectivity index (χ0n) is 11.0. The smallest absolute Gasteiger partial charge is 0.253 e. The molecule has 110 valence electrons. The van der Waals surface area contributed by atoms with Gasteiger partial charge in [0, 0.05) is 11.6 Å². The van der Waals surface area contributed by atoms with E-state index in [1.165, 1.54) is 12.1 Å². The molecule has 0 spiro atoms. The van der Waals surface area contributed by atoms with E-state index in [1.807, 2.05) is 0 Å². The molecule has 6 heteroatoms. The summed E-state index contributed by atoms with van der Waals surface area (Å²) in [6, 6.07) is 5.75. The minimum absolute atomic E-state index is 0.0423. The first kappa shape index (κ1) is 15.4. The van der Waals surface area contributed by atoms with Gasteiger partial charge in [0.05, 0.1) is 16.6 Å². The molecule has 0 aliphatic rings. The first-order valence-corrected chi connectivity index (χ1v) is 6.47. The Bertz CT molecular complexity index is 691. The van der Waals surface area contributed by atoms with E-state index in [4.69, 9.17) is 11.6 Å². The molecular weight excluding hydrogens is 303 g/mol. The maximum absolute atomic E-state index is 13.6. The summed E-state index contributed by atoms with van der Waals surface area (Å²) in [5.74, 6) is -2.59. The van der Waals surface area contributed by atoms with Crippen LogP contribution in [0.3, 0.4) is 0 Å². The molecule has 0 saturated heterocycles. The van der Waals surface area contributed by atoms with Gasteiger partial charge < -0.3 is 5.32 Å². The fourth-order valence-electron chi connectivity index (χ4n) is 1.88. The lowest BCUT2D eigenvalue weighted by atomic mass is 10.1. The van der Waals surface area contributed by atoms with Crippen LogP contribution in [0, 0.1) is 17.5 Å². The fourth-order valence-corrected chi connectivity index (χ4v) is 2.13. The van der Waals surface area contributed by atoms with Gasteiger partial charge in [0.15, 0.2) is 0 Å². The summed E-state index contributed by atoms with van der Waals surface area (Å²) >= 11 is 5.78. The molecule has 1 atom stereocenters. The van der Waals surface area contributed by atoms with E-state index in [-0.39, 0.29) is 16.1 Å². The van der Waals surface area contributed by atoms with Gasteiger partial charge in [0.25, 0.3) is 5.91 Å². The predicted molar refractivity (Wildman–Crippen MR) is 73.6 cm³/mol. The number of carbonyl (C=O) groups excluding carboxylic acids is 1. The van der Waals surface area contributed by atoms with Crippen LogP contribution in [0.2, 0.25) is 5.02 Å². The predicted octanol–water partition coefficient (Wildman–Crippen LogP) is 4.25. The molecule has 2 nitrogen and oxygen atoms in total. The van der Waals surface area contributed by atoms with Crippen molar-refractivity contribution >= 4 is 17.5 Å². The number of nitrogens with one attached hydrogen (secondary N) is 1. The van der Waals surface area contributed by atoms with Gasteiger partial charge >= 0.3 is 0 Å². The van der Waals surface area contributed by atoms with E-state index in [2.05, 4.69) is 5.32 Å². The van der Waals surface area contributed by atoms with Gasteiger partial charge in [-0.2, -0.15) is 0 Å². The minimum atomic E-state index is -0.756. The number of carbonyl (C=O) groups is 1. The standard InChI is InChI=1S/C15H11ClF3NO/c1-8(11-4-2-10(18)7-14(11)19)20-15(21)12-5-3-9(17)6-13(12)16/h2-8H,1H3,(H,20,21). The summed E-state index contributed by atoms with van der Waals surface area (Å²) < 4.78 is 39.4. The van der Waals surface area contributed by atoms with Gasteiger partial charge in [0.2, 0.25) is 0 Å². The average molecular weight is 314 g/mol. The highest BCUT2D eigenvalue weighted by Gasteiger charge is 2.17. The van der Waals surface area contributed by atoms with Crippen molar-refractivity contribution in [2.75, 3.05) is 0 Å². The monoisotopic (exact) mass is 313 g/mol. The average Bonchev–Trinajstić information content (AvgIpc) is 2.37. The van der Waals surface area contributed by atoms with Crippen molar-refractivity contribution < 1.29 is 18.0 Å². The van der Waals surface area contributed by atoms with Crippen molar-refractivity contribution in [3.8, 4) is 0 Å². The first-order valence-electron chi connectivity index (χ1n) is 6.09. The van der Waals surface area contributed by atoms with Gasteiger partial charge in [-0.15, -0.1) is 0 Å². The van der Waals surface area contributed by atoms with E-state index < -0.39 is 29.4 Å². The Labute approximate surface area is 124 Å². The molecular formula is C15H11ClF3NO. The van der Waals surface area contributed by atoms with E-state index in [0.29, 0.717) is 0 Å². The molecule has 0 heterocycles. The quantitative estimate of drug-likeness (QED) is 0.902. The molecule has 0 saturated carbocycles. The summed E-state index contributed by atoms with van der Waals surface area (Å²) in [6.45, 7) is 1.55. The molecule has 21 heavy (non-hydrogen) atoms. The zero-order valence-corrected chi connectivity index (χ0v) is 11.7. The normalized spacial score (nSPS) is 12.0. The Balaban J connectivity index is 2.18. The minimum Gasteiger partial charge on any atom is -0.345 e. The molecule has 0 aliphatic carbocycles. The third-order valence-electron chi connectivity index (χ3n) is 2.95. The largest absolute Gasteiger partial charge is 0.345 e. The summed E-state index contributed by atoms with van der Waals surface area (Å²) in [4.78, 5) is 12.0. The molecule has 0 aliphatic heterocycles.